The van der Waals surface area contributed by atoms with Gasteiger partial charge < -0.3 is 10.2 Å². The van der Waals surface area contributed by atoms with Gasteiger partial charge in [0.1, 0.15) is 5.82 Å². The molecule has 1 aromatic heterocycles. The van der Waals surface area contributed by atoms with E-state index in [0.29, 0.717) is 0 Å². The van der Waals surface area contributed by atoms with E-state index in [9.17, 15) is 0 Å². The average molecular weight is 205 g/mol. The maximum Gasteiger partial charge on any atom is 0.128 e. The molecule has 0 amide bonds. The summed E-state index contributed by atoms with van der Waals surface area (Å²) in [6.07, 6.45) is 3.17. The Bertz CT molecular complexity index is 318. The second-order valence-corrected chi connectivity index (χ2v) is 4.43. The molecule has 3 nitrogen and oxygen atoms in total. The van der Waals surface area contributed by atoms with Gasteiger partial charge >= 0.3 is 0 Å². The summed E-state index contributed by atoms with van der Waals surface area (Å²) in [7, 11) is 2.13. The summed E-state index contributed by atoms with van der Waals surface area (Å²) in [5, 5.41) is 3.39. The van der Waals surface area contributed by atoms with Crippen molar-refractivity contribution in [3.63, 3.8) is 0 Å². The third-order valence-corrected chi connectivity index (χ3v) is 2.99. The third-order valence-electron chi connectivity index (χ3n) is 2.99. The minimum atomic E-state index is 0.775. The van der Waals surface area contributed by atoms with E-state index in [2.05, 4.69) is 35.2 Å². The topological polar surface area (TPSA) is 28.2 Å². The van der Waals surface area contributed by atoms with Crippen LogP contribution in [0.1, 0.15) is 12.0 Å². The first-order valence-electron chi connectivity index (χ1n) is 5.60. The number of pyridine rings is 1. The first kappa shape index (κ1) is 10.4. The zero-order valence-electron chi connectivity index (χ0n) is 9.53. The highest BCUT2D eigenvalue weighted by Crippen LogP contribution is 2.15. The molecule has 1 N–H and O–H groups in total. The SMILES string of the molecule is Cc1ccnc(N(C)C[C@H]2CCNC2)c1. The maximum absolute atomic E-state index is 4.39. The molecule has 0 aromatic carbocycles. The Morgan fingerprint density at radius 2 is 2.47 bits per heavy atom. The highest BCUT2D eigenvalue weighted by atomic mass is 15.2. The van der Waals surface area contributed by atoms with Crippen LogP contribution in [0.4, 0.5) is 5.82 Å². The van der Waals surface area contributed by atoms with Crippen molar-refractivity contribution in [3.8, 4) is 0 Å². The average Bonchev–Trinajstić information content (AvgIpc) is 2.70. The van der Waals surface area contributed by atoms with E-state index in [4.69, 9.17) is 0 Å². The lowest BCUT2D eigenvalue weighted by Crippen LogP contribution is -2.27. The highest BCUT2D eigenvalue weighted by Gasteiger charge is 2.16. The van der Waals surface area contributed by atoms with Gasteiger partial charge in [0.15, 0.2) is 0 Å². The molecular formula is C12H19N3. The van der Waals surface area contributed by atoms with Crippen LogP contribution < -0.4 is 10.2 Å². The van der Waals surface area contributed by atoms with Gasteiger partial charge in [0.25, 0.3) is 0 Å². The number of hydrogen-bond donors (Lipinski definition) is 1. The number of aromatic nitrogens is 1. The van der Waals surface area contributed by atoms with Gasteiger partial charge in [-0.05, 0) is 50.0 Å². The fourth-order valence-corrected chi connectivity index (χ4v) is 2.08. The lowest BCUT2D eigenvalue weighted by molar-refractivity contribution is 0.576. The number of nitrogens with one attached hydrogen (secondary N) is 1. The van der Waals surface area contributed by atoms with Crippen molar-refractivity contribution in [2.45, 2.75) is 13.3 Å². The van der Waals surface area contributed by atoms with E-state index in [0.717, 1.165) is 24.8 Å². The van der Waals surface area contributed by atoms with Crippen LogP contribution in [0.15, 0.2) is 18.3 Å². The van der Waals surface area contributed by atoms with Gasteiger partial charge in [-0.25, -0.2) is 4.98 Å². The van der Waals surface area contributed by atoms with Crippen LogP contribution in [-0.2, 0) is 0 Å². The summed E-state index contributed by atoms with van der Waals surface area (Å²) in [5.74, 6) is 1.86. The molecule has 1 fully saturated rings. The summed E-state index contributed by atoms with van der Waals surface area (Å²) in [4.78, 5) is 6.64. The van der Waals surface area contributed by atoms with Gasteiger partial charge in [-0.15, -0.1) is 0 Å². The smallest absolute Gasteiger partial charge is 0.128 e. The number of anilines is 1. The molecule has 1 aliphatic rings. The van der Waals surface area contributed by atoms with Gasteiger partial charge in [0.2, 0.25) is 0 Å². The van der Waals surface area contributed by atoms with E-state index in [1.54, 1.807) is 0 Å². The Hall–Kier alpha value is -1.09. The first-order valence-corrected chi connectivity index (χ1v) is 5.60. The van der Waals surface area contributed by atoms with Crippen molar-refractivity contribution in [3.05, 3.63) is 23.9 Å². The van der Waals surface area contributed by atoms with Crippen LogP contribution in [0.3, 0.4) is 0 Å². The van der Waals surface area contributed by atoms with E-state index in [1.165, 1.54) is 18.5 Å². The lowest BCUT2D eigenvalue weighted by atomic mass is 10.1. The Morgan fingerprint density at radius 3 is 3.13 bits per heavy atom. The monoisotopic (exact) mass is 205 g/mol. The summed E-state index contributed by atoms with van der Waals surface area (Å²) < 4.78 is 0. The molecule has 0 saturated carbocycles. The van der Waals surface area contributed by atoms with Crippen molar-refractivity contribution in [2.75, 3.05) is 31.6 Å². The molecule has 3 heteroatoms. The van der Waals surface area contributed by atoms with Gasteiger partial charge in [-0.2, -0.15) is 0 Å². The van der Waals surface area contributed by atoms with Gasteiger partial charge in [0.05, 0.1) is 0 Å². The standard InChI is InChI=1S/C12H19N3/c1-10-3-6-14-12(7-10)15(2)9-11-4-5-13-8-11/h3,6-7,11,13H,4-5,8-9H2,1-2H3/t11-/m0/s1. The Kier molecular flexibility index (Phi) is 3.21. The van der Waals surface area contributed by atoms with Crippen LogP contribution in [0, 0.1) is 12.8 Å². The maximum atomic E-state index is 4.39. The zero-order chi connectivity index (χ0) is 10.7. The van der Waals surface area contributed by atoms with Crippen molar-refractivity contribution in [1.82, 2.24) is 10.3 Å². The first-order chi connectivity index (χ1) is 7.25. The second kappa shape index (κ2) is 4.62. The summed E-state index contributed by atoms with van der Waals surface area (Å²) in [6.45, 7) is 5.52. The molecule has 2 heterocycles. The van der Waals surface area contributed by atoms with E-state index in [-0.39, 0.29) is 0 Å². The molecule has 0 bridgehead atoms. The molecule has 2 rings (SSSR count). The predicted octanol–water partition coefficient (Wildman–Crippen LogP) is 1.44. The number of aryl methyl sites for hydroxylation is 1. The second-order valence-electron chi connectivity index (χ2n) is 4.43. The van der Waals surface area contributed by atoms with Crippen LogP contribution in [0.5, 0.6) is 0 Å². The molecule has 0 unspecified atom stereocenters. The normalized spacial score (nSPS) is 20.5. The fourth-order valence-electron chi connectivity index (χ4n) is 2.08. The minimum Gasteiger partial charge on any atom is -0.359 e. The Morgan fingerprint density at radius 1 is 1.60 bits per heavy atom. The largest absolute Gasteiger partial charge is 0.359 e. The van der Waals surface area contributed by atoms with Crippen molar-refractivity contribution in [2.24, 2.45) is 5.92 Å². The summed E-state index contributed by atoms with van der Waals surface area (Å²) in [5.41, 5.74) is 1.27. The number of hydrogen-bond acceptors (Lipinski definition) is 3. The summed E-state index contributed by atoms with van der Waals surface area (Å²) >= 11 is 0. The van der Waals surface area contributed by atoms with Gasteiger partial charge in [0, 0.05) is 19.8 Å². The molecule has 0 spiro atoms. The molecule has 15 heavy (non-hydrogen) atoms. The fraction of sp³-hybridized carbons (Fsp3) is 0.583. The predicted molar refractivity (Wildman–Crippen MR) is 63.2 cm³/mol. The zero-order valence-corrected chi connectivity index (χ0v) is 9.53. The van der Waals surface area contributed by atoms with Crippen molar-refractivity contribution >= 4 is 5.82 Å². The van der Waals surface area contributed by atoms with Crippen molar-refractivity contribution < 1.29 is 0 Å². The molecule has 82 valence electrons. The molecule has 1 aliphatic heterocycles. The van der Waals surface area contributed by atoms with Gasteiger partial charge in [-0.3, -0.25) is 0 Å². The van der Waals surface area contributed by atoms with Crippen LogP contribution in [0.25, 0.3) is 0 Å². The Balaban J connectivity index is 1.97. The van der Waals surface area contributed by atoms with E-state index < -0.39 is 0 Å². The number of rotatable bonds is 3. The molecule has 0 radical (unpaired) electrons. The lowest BCUT2D eigenvalue weighted by Gasteiger charge is -2.21. The molecule has 1 atom stereocenters. The van der Waals surface area contributed by atoms with Crippen LogP contribution in [0.2, 0.25) is 0 Å². The summed E-state index contributed by atoms with van der Waals surface area (Å²) in [6, 6.07) is 4.18. The molecular weight excluding hydrogens is 186 g/mol. The van der Waals surface area contributed by atoms with Crippen LogP contribution >= 0.6 is 0 Å². The molecule has 1 aromatic rings. The molecule has 0 aliphatic carbocycles. The van der Waals surface area contributed by atoms with Crippen molar-refractivity contribution in [1.29, 1.82) is 0 Å². The molecule has 1 saturated heterocycles. The minimum absolute atomic E-state index is 0.775. The van der Waals surface area contributed by atoms with Crippen LogP contribution in [-0.4, -0.2) is 31.7 Å². The third kappa shape index (κ3) is 2.69. The van der Waals surface area contributed by atoms with Gasteiger partial charge in [-0.1, -0.05) is 0 Å². The Labute approximate surface area is 91.5 Å². The van der Waals surface area contributed by atoms with E-state index >= 15 is 0 Å². The highest BCUT2D eigenvalue weighted by molar-refractivity contribution is 5.39. The number of nitrogens with zero attached hydrogens (tertiary/aromatic N) is 2. The van der Waals surface area contributed by atoms with E-state index in [1.807, 2.05) is 12.3 Å². The quantitative estimate of drug-likeness (QED) is 0.809.